The van der Waals surface area contributed by atoms with Gasteiger partial charge in [0.05, 0.1) is 13.2 Å². The van der Waals surface area contributed by atoms with Gasteiger partial charge in [-0.05, 0) is 18.4 Å². The van der Waals surface area contributed by atoms with E-state index in [1.54, 1.807) is 12.2 Å². The molecule has 1 fully saturated rings. The van der Waals surface area contributed by atoms with Gasteiger partial charge in [-0.1, -0.05) is 31.6 Å². The highest BCUT2D eigenvalue weighted by molar-refractivity contribution is 5.92. The molecule has 0 bridgehead atoms. The van der Waals surface area contributed by atoms with Crippen molar-refractivity contribution in [2.75, 3.05) is 13.2 Å². The summed E-state index contributed by atoms with van der Waals surface area (Å²) in [6.07, 6.45) is -2.28. The highest BCUT2D eigenvalue weighted by Gasteiger charge is 2.44. The minimum atomic E-state index is -1.54. The fourth-order valence-corrected chi connectivity index (χ4v) is 3.72. The van der Waals surface area contributed by atoms with Crippen LogP contribution < -0.4 is 0 Å². The predicted octanol–water partition coefficient (Wildman–Crippen LogP) is -0.718. The molecule has 27 heavy (non-hydrogen) atoms. The summed E-state index contributed by atoms with van der Waals surface area (Å²) < 4.78 is 10.8. The average molecular weight is 386 g/mol. The lowest BCUT2D eigenvalue weighted by Gasteiger charge is -2.40. The van der Waals surface area contributed by atoms with E-state index < -0.39 is 50.0 Å². The quantitative estimate of drug-likeness (QED) is 0.377. The molecule has 0 amide bonds. The zero-order valence-corrected chi connectivity index (χ0v) is 15.9. The van der Waals surface area contributed by atoms with Crippen molar-refractivity contribution in [2.45, 2.75) is 64.0 Å². The Hall–Kier alpha value is -1.13. The van der Waals surface area contributed by atoms with Crippen LogP contribution in [0.25, 0.3) is 0 Å². The van der Waals surface area contributed by atoms with Crippen molar-refractivity contribution in [3.8, 4) is 0 Å². The number of hydrogen-bond donors (Lipinski definition) is 5. The van der Waals surface area contributed by atoms with E-state index in [1.807, 2.05) is 26.8 Å². The van der Waals surface area contributed by atoms with E-state index in [1.165, 1.54) is 0 Å². The lowest BCUT2D eigenvalue weighted by Crippen LogP contribution is -2.59. The molecular weight excluding hydrogens is 356 g/mol. The van der Waals surface area contributed by atoms with E-state index in [2.05, 4.69) is 0 Å². The van der Waals surface area contributed by atoms with Crippen LogP contribution in [0.15, 0.2) is 23.8 Å². The van der Waals surface area contributed by atoms with Crippen LogP contribution in [0.3, 0.4) is 0 Å². The average Bonchev–Trinajstić information content (AvgIpc) is 2.59. The van der Waals surface area contributed by atoms with Gasteiger partial charge in [-0.15, -0.1) is 0 Å². The Kier molecular flexibility index (Phi) is 7.32. The number of allylic oxidation sites excluding steroid dienone is 3. The van der Waals surface area contributed by atoms with Crippen molar-refractivity contribution in [1.29, 1.82) is 0 Å². The summed E-state index contributed by atoms with van der Waals surface area (Å²) in [5.41, 5.74) is 0.632. The molecule has 2 aliphatic rings. The molecule has 1 heterocycles. The molecule has 154 valence electrons. The minimum absolute atomic E-state index is 0.0253. The molecule has 7 atom stereocenters. The first-order chi connectivity index (χ1) is 12.6. The zero-order chi connectivity index (χ0) is 20.4. The van der Waals surface area contributed by atoms with E-state index in [4.69, 9.17) is 9.47 Å². The SMILES string of the molecule is CC1=CC(=O)CC(C)(C)C1/C=C/C(CO)OC1OC(CO)C(O)C(O)C1O. The zero-order valence-electron chi connectivity index (χ0n) is 15.9. The largest absolute Gasteiger partial charge is 0.394 e. The van der Waals surface area contributed by atoms with E-state index in [0.717, 1.165) is 5.57 Å². The van der Waals surface area contributed by atoms with Gasteiger partial charge in [-0.25, -0.2) is 0 Å². The van der Waals surface area contributed by atoms with Crippen LogP contribution in [0.4, 0.5) is 0 Å². The Bertz CT molecular complexity index is 582. The molecule has 1 aliphatic carbocycles. The lowest BCUT2D eigenvalue weighted by atomic mass is 9.68. The fourth-order valence-electron chi connectivity index (χ4n) is 3.72. The van der Waals surface area contributed by atoms with Gasteiger partial charge in [0.2, 0.25) is 0 Å². The summed E-state index contributed by atoms with van der Waals surface area (Å²) in [6.45, 7) is 4.89. The Balaban J connectivity index is 2.10. The van der Waals surface area contributed by atoms with Crippen LogP contribution in [0.5, 0.6) is 0 Å². The minimum Gasteiger partial charge on any atom is -0.394 e. The molecule has 0 aromatic rings. The summed E-state index contributed by atoms with van der Waals surface area (Å²) in [5, 5.41) is 48.5. The smallest absolute Gasteiger partial charge is 0.187 e. The number of ether oxygens (including phenoxy) is 2. The van der Waals surface area contributed by atoms with Crippen molar-refractivity contribution in [3.05, 3.63) is 23.8 Å². The maximum absolute atomic E-state index is 11.8. The Labute approximate surface area is 158 Å². The predicted molar refractivity (Wildman–Crippen MR) is 95.5 cm³/mol. The standard InChI is InChI=1S/C19H30O8/c1-10-6-11(22)7-19(2,3)13(10)5-4-12(8-20)26-18-17(25)16(24)15(23)14(9-21)27-18/h4-6,12-18,20-21,23-25H,7-9H2,1-3H3/b5-4+. The van der Waals surface area contributed by atoms with Crippen molar-refractivity contribution < 1.29 is 39.8 Å². The highest BCUT2D eigenvalue weighted by atomic mass is 16.7. The first-order valence-corrected chi connectivity index (χ1v) is 9.07. The maximum atomic E-state index is 11.8. The molecule has 1 aliphatic heterocycles. The number of aliphatic hydroxyl groups excluding tert-OH is 5. The topological polar surface area (TPSA) is 137 Å². The molecule has 5 N–H and O–H groups in total. The molecule has 0 spiro atoms. The van der Waals surface area contributed by atoms with Gasteiger partial charge in [0.15, 0.2) is 12.1 Å². The van der Waals surface area contributed by atoms with Crippen LogP contribution >= 0.6 is 0 Å². The fraction of sp³-hybridized carbons (Fsp3) is 0.737. The van der Waals surface area contributed by atoms with Crippen molar-refractivity contribution in [2.24, 2.45) is 11.3 Å². The molecular formula is C19H30O8. The second kappa shape index (κ2) is 8.91. The molecule has 0 aromatic carbocycles. The van der Waals surface area contributed by atoms with Crippen LogP contribution in [0.2, 0.25) is 0 Å². The number of hydrogen-bond acceptors (Lipinski definition) is 8. The Morgan fingerprint density at radius 2 is 1.93 bits per heavy atom. The number of aliphatic hydroxyl groups is 5. The van der Waals surface area contributed by atoms with Gasteiger partial charge in [0.1, 0.15) is 30.5 Å². The van der Waals surface area contributed by atoms with Crippen molar-refractivity contribution >= 4 is 5.78 Å². The van der Waals surface area contributed by atoms with Crippen LogP contribution in [0.1, 0.15) is 27.2 Å². The summed E-state index contributed by atoms with van der Waals surface area (Å²) in [5.74, 6) is 0.0566. The summed E-state index contributed by atoms with van der Waals surface area (Å²) in [4.78, 5) is 11.8. The summed E-state index contributed by atoms with van der Waals surface area (Å²) in [6, 6.07) is 0. The first kappa shape index (κ1) is 22.2. The molecule has 1 saturated heterocycles. The van der Waals surface area contributed by atoms with Crippen molar-refractivity contribution in [3.63, 3.8) is 0 Å². The Morgan fingerprint density at radius 3 is 2.48 bits per heavy atom. The van der Waals surface area contributed by atoms with Gasteiger partial charge in [-0.3, -0.25) is 4.79 Å². The number of carbonyl (C=O) groups excluding carboxylic acids is 1. The number of carbonyl (C=O) groups is 1. The molecule has 7 unspecified atom stereocenters. The number of ketones is 1. The second-order valence-corrected chi connectivity index (χ2v) is 7.94. The van der Waals surface area contributed by atoms with Gasteiger partial charge in [-0.2, -0.15) is 0 Å². The van der Waals surface area contributed by atoms with E-state index in [0.29, 0.717) is 6.42 Å². The van der Waals surface area contributed by atoms with Crippen LogP contribution in [-0.4, -0.2) is 81.3 Å². The third kappa shape index (κ3) is 5.03. The molecule has 0 aromatic heterocycles. The van der Waals surface area contributed by atoms with Crippen molar-refractivity contribution in [1.82, 2.24) is 0 Å². The van der Waals surface area contributed by atoms with Gasteiger partial charge in [0, 0.05) is 12.3 Å². The van der Waals surface area contributed by atoms with Crippen LogP contribution in [0, 0.1) is 11.3 Å². The highest BCUT2D eigenvalue weighted by Crippen LogP contribution is 2.40. The van der Waals surface area contributed by atoms with Crippen LogP contribution in [-0.2, 0) is 14.3 Å². The third-order valence-electron chi connectivity index (χ3n) is 5.21. The molecule has 0 radical (unpaired) electrons. The molecule has 2 rings (SSSR count). The molecule has 8 nitrogen and oxygen atoms in total. The third-order valence-corrected chi connectivity index (χ3v) is 5.21. The van der Waals surface area contributed by atoms with Gasteiger partial charge in [0.25, 0.3) is 0 Å². The summed E-state index contributed by atoms with van der Waals surface area (Å²) >= 11 is 0. The second-order valence-electron chi connectivity index (χ2n) is 7.94. The summed E-state index contributed by atoms with van der Waals surface area (Å²) in [7, 11) is 0. The van der Waals surface area contributed by atoms with E-state index >= 15 is 0 Å². The molecule has 0 saturated carbocycles. The number of rotatable bonds is 6. The van der Waals surface area contributed by atoms with E-state index in [9.17, 15) is 30.3 Å². The first-order valence-electron chi connectivity index (χ1n) is 9.07. The normalized spacial score (nSPS) is 38.1. The van der Waals surface area contributed by atoms with Gasteiger partial charge < -0.3 is 35.0 Å². The molecule has 8 heteroatoms. The van der Waals surface area contributed by atoms with E-state index in [-0.39, 0.29) is 17.1 Å². The maximum Gasteiger partial charge on any atom is 0.187 e. The monoisotopic (exact) mass is 386 g/mol. The Morgan fingerprint density at radius 1 is 1.26 bits per heavy atom. The van der Waals surface area contributed by atoms with Gasteiger partial charge >= 0.3 is 0 Å². The lowest BCUT2D eigenvalue weighted by molar-refractivity contribution is -0.309.